The van der Waals surface area contributed by atoms with E-state index >= 15 is 0 Å². The number of carboxylic acid groups (broad SMARTS) is 1. The highest BCUT2D eigenvalue weighted by molar-refractivity contribution is 5.93. The SMILES string of the molecule is COC[C@@H]1C[C@@H](NC(=O)c2cc(-c3cccc(C#N)c3)ncn2)CN1.O=C(O)C(F)(F)F. The molecule has 3 rings (SSSR count). The van der Waals surface area contributed by atoms with Crippen molar-refractivity contribution in [2.75, 3.05) is 20.3 Å². The molecule has 32 heavy (non-hydrogen) atoms. The lowest BCUT2D eigenvalue weighted by molar-refractivity contribution is -0.192. The van der Waals surface area contributed by atoms with Gasteiger partial charge in [0.2, 0.25) is 0 Å². The summed E-state index contributed by atoms with van der Waals surface area (Å²) >= 11 is 0. The molecule has 9 nitrogen and oxygen atoms in total. The molecule has 12 heteroatoms. The number of hydrogen-bond acceptors (Lipinski definition) is 7. The third kappa shape index (κ3) is 7.29. The highest BCUT2D eigenvalue weighted by atomic mass is 19.4. The van der Waals surface area contributed by atoms with Crippen LogP contribution in [0.5, 0.6) is 0 Å². The molecular weight excluding hydrogens is 431 g/mol. The van der Waals surface area contributed by atoms with Crippen LogP contribution in [-0.4, -0.2) is 65.5 Å². The van der Waals surface area contributed by atoms with Crippen LogP contribution in [0.3, 0.4) is 0 Å². The van der Waals surface area contributed by atoms with Gasteiger partial charge in [0.1, 0.15) is 12.0 Å². The molecule has 3 N–H and O–H groups in total. The summed E-state index contributed by atoms with van der Waals surface area (Å²) < 4.78 is 36.9. The van der Waals surface area contributed by atoms with Crippen LogP contribution < -0.4 is 10.6 Å². The minimum Gasteiger partial charge on any atom is -0.475 e. The lowest BCUT2D eigenvalue weighted by Crippen LogP contribution is -2.36. The van der Waals surface area contributed by atoms with E-state index < -0.39 is 12.1 Å². The molecule has 0 aliphatic carbocycles. The Labute approximate surface area is 181 Å². The Hall–Kier alpha value is -3.56. The number of halogens is 3. The van der Waals surface area contributed by atoms with E-state index in [0.29, 0.717) is 30.1 Å². The van der Waals surface area contributed by atoms with Crippen molar-refractivity contribution in [2.45, 2.75) is 24.7 Å². The monoisotopic (exact) mass is 451 g/mol. The Bertz CT molecular complexity index is 994. The van der Waals surface area contributed by atoms with Gasteiger partial charge in [-0.15, -0.1) is 0 Å². The van der Waals surface area contributed by atoms with E-state index in [0.717, 1.165) is 12.0 Å². The van der Waals surface area contributed by atoms with Gasteiger partial charge in [0.15, 0.2) is 0 Å². The van der Waals surface area contributed by atoms with E-state index in [1.165, 1.54) is 6.33 Å². The lowest BCUT2D eigenvalue weighted by atomic mass is 10.1. The normalized spacial score (nSPS) is 17.6. The number of nitriles is 1. The number of carbonyl (C=O) groups excluding carboxylic acids is 1. The number of aromatic nitrogens is 2. The van der Waals surface area contributed by atoms with E-state index in [9.17, 15) is 18.0 Å². The van der Waals surface area contributed by atoms with Gasteiger partial charge in [-0.3, -0.25) is 4.79 Å². The fourth-order valence-electron chi connectivity index (χ4n) is 2.90. The number of carboxylic acids is 1. The first kappa shape index (κ1) is 24.7. The fourth-order valence-corrected chi connectivity index (χ4v) is 2.90. The summed E-state index contributed by atoms with van der Waals surface area (Å²) in [5.74, 6) is -2.99. The summed E-state index contributed by atoms with van der Waals surface area (Å²) in [7, 11) is 1.66. The van der Waals surface area contributed by atoms with E-state index in [4.69, 9.17) is 19.9 Å². The Morgan fingerprint density at radius 1 is 1.34 bits per heavy atom. The van der Waals surface area contributed by atoms with Crippen LogP contribution in [0.4, 0.5) is 13.2 Å². The fraction of sp³-hybridized carbons (Fsp3) is 0.350. The third-order valence-corrected chi connectivity index (χ3v) is 4.35. The molecule has 1 aromatic heterocycles. The predicted octanol–water partition coefficient (Wildman–Crippen LogP) is 1.76. The molecule has 0 spiro atoms. The second-order valence-corrected chi connectivity index (χ2v) is 6.75. The van der Waals surface area contributed by atoms with Gasteiger partial charge in [0.05, 0.1) is 23.9 Å². The summed E-state index contributed by atoms with van der Waals surface area (Å²) in [4.78, 5) is 29.6. The number of nitrogens with zero attached hydrogens (tertiary/aromatic N) is 3. The van der Waals surface area contributed by atoms with E-state index in [1.807, 2.05) is 6.07 Å². The zero-order valence-electron chi connectivity index (χ0n) is 16.9. The zero-order valence-corrected chi connectivity index (χ0v) is 16.9. The molecule has 2 atom stereocenters. The average molecular weight is 451 g/mol. The number of aliphatic carboxylic acids is 1. The van der Waals surface area contributed by atoms with Crippen molar-refractivity contribution < 1.29 is 32.6 Å². The number of amides is 1. The van der Waals surface area contributed by atoms with Gasteiger partial charge in [-0.1, -0.05) is 12.1 Å². The number of rotatable bonds is 5. The van der Waals surface area contributed by atoms with Gasteiger partial charge in [0.25, 0.3) is 5.91 Å². The van der Waals surface area contributed by atoms with Crippen LogP contribution >= 0.6 is 0 Å². The molecule has 1 aromatic carbocycles. The smallest absolute Gasteiger partial charge is 0.475 e. The van der Waals surface area contributed by atoms with Crippen LogP contribution in [0.2, 0.25) is 0 Å². The number of ether oxygens (including phenoxy) is 1. The average Bonchev–Trinajstić information content (AvgIpc) is 3.20. The van der Waals surface area contributed by atoms with Crippen LogP contribution in [-0.2, 0) is 9.53 Å². The van der Waals surface area contributed by atoms with Gasteiger partial charge in [-0.25, -0.2) is 14.8 Å². The summed E-state index contributed by atoms with van der Waals surface area (Å²) in [6.45, 7) is 1.33. The maximum atomic E-state index is 12.5. The Balaban J connectivity index is 0.000000451. The molecule has 0 unspecified atom stereocenters. The molecule has 0 saturated carbocycles. The third-order valence-electron chi connectivity index (χ3n) is 4.35. The van der Waals surface area contributed by atoms with Crippen LogP contribution in [0.1, 0.15) is 22.5 Å². The molecular formula is C20H20F3N5O4. The van der Waals surface area contributed by atoms with Crippen molar-refractivity contribution in [2.24, 2.45) is 0 Å². The van der Waals surface area contributed by atoms with Crippen molar-refractivity contribution in [3.63, 3.8) is 0 Å². The summed E-state index contributed by atoms with van der Waals surface area (Å²) in [6, 6.07) is 11.1. The van der Waals surface area contributed by atoms with Gasteiger partial charge >= 0.3 is 12.1 Å². The quantitative estimate of drug-likeness (QED) is 0.625. The molecule has 0 radical (unpaired) electrons. The van der Waals surface area contributed by atoms with Crippen molar-refractivity contribution in [1.82, 2.24) is 20.6 Å². The Morgan fingerprint density at radius 2 is 2.06 bits per heavy atom. The summed E-state index contributed by atoms with van der Waals surface area (Å²) in [6.07, 6.45) is -2.90. The highest BCUT2D eigenvalue weighted by Gasteiger charge is 2.38. The van der Waals surface area contributed by atoms with Gasteiger partial charge < -0.3 is 20.5 Å². The predicted molar refractivity (Wildman–Crippen MR) is 105 cm³/mol. The Kier molecular flexibility index (Phi) is 8.62. The summed E-state index contributed by atoms with van der Waals surface area (Å²) in [5.41, 5.74) is 2.24. The highest BCUT2D eigenvalue weighted by Crippen LogP contribution is 2.18. The first-order valence-electron chi connectivity index (χ1n) is 9.30. The molecule has 1 amide bonds. The van der Waals surface area contributed by atoms with Crippen molar-refractivity contribution >= 4 is 11.9 Å². The standard InChI is InChI=1S/C18H19N5O2.C2HF3O2/c1-25-10-15-6-14(9-20-15)23-18(24)17-7-16(21-11-22-17)13-4-2-3-12(5-13)8-19;3-2(4,5)1(6)7/h2-5,7,11,14-15,20H,6,9-10H2,1H3,(H,23,24);(H,6,7)/t14-,15+;/m1./s1. The largest absolute Gasteiger partial charge is 0.490 e. The number of methoxy groups -OCH3 is 1. The topological polar surface area (TPSA) is 137 Å². The first-order valence-corrected chi connectivity index (χ1v) is 9.30. The second kappa shape index (κ2) is 11.2. The van der Waals surface area contributed by atoms with E-state index in [1.54, 1.807) is 31.4 Å². The van der Waals surface area contributed by atoms with Crippen molar-refractivity contribution in [3.05, 3.63) is 47.9 Å². The maximum absolute atomic E-state index is 12.5. The molecule has 0 bridgehead atoms. The molecule has 1 fully saturated rings. The molecule has 1 aliphatic heterocycles. The minimum atomic E-state index is -5.08. The van der Waals surface area contributed by atoms with Crippen LogP contribution in [0.25, 0.3) is 11.3 Å². The second-order valence-electron chi connectivity index (χ2n) is 6.75. The molecule has 170 valence electrons. The van der Waals surface area contributed by atoms with Crippen LogP contribution in [0, 0.1) is 11.3 Å². The number of hydrogen-bond donors (Lipinski definition) is 3. The van der Waals surface area contributed by atoms with Gasteiger partial charge in [0, 0.05) is 31.3 Å². The Morgan fingerprint density at radius 3 is 2.69 bits per heavy atom. The number of benzene rings is 1. The zero-order chi connectivity index (χ0) is 23.7. The molecule has 1 aliphatic rings. The molecule has 1 saturated heterocycles. The summed E-state index contributed by atoms with van der Waals surface area (Å²) in [5, 5.41) is 22.4. The van der Waals surface area contributed by atoms with E-state index in [-0.39, 0.29) is 18.0 Å². The minimum absolute atomic E-state index is 0.0491. The van der Waals surface area contributed by atoms with Gasteiger partial charge in [-0.2, -0.15) is 18.4 Å². The van der Waals surface area contributed by atoms with Crippen molar-refractivity contribution in [3.8, 4) is 17.3 Å². The lowest BCUT2D eigenvalue weighted by Gasteiger charge is -2.12. The van der Waals surface area contributed by atoms with Gasteiger partial charge in [-0.05, 0) is 24.6 Å². The first-order chi connectivity index (χ1) is 15.1. The molecule has 2 heterocycles. The van der Waals surface area contributed by atoms with Crippen LogP contribution in [0.15, 0.2) is 36.7 Å². The van der Waals surface area contributed by atoms with E-state index in [2.05, 4.69) is 26.7 Å². The number of alkyl halides is 3. The van der Waals surface area contributed by atoms with Crippen molar-refractivity contribution in [1.29, 1.82) is 5.26 Å². The number of nitrogens with one attached hydrogen (secondary N) is 2. The number of carbonyl (C=O) groups is 2. The molecule has 2 aromatic rings. The maximum Gasteiger partial charge on any atom is 0.490 e.